The molecule has 2 atom stereocenters. The van der Waals surface area contributed by atoms with Gasteiger partial charge in [-0.15, -0.1) is 23.7 Å². The molecule has 1 aliphatic rings. The summed E-state index contributed by atoms with van der Waals surface area (Å²) in [5.74, 6) is 0. The molecule has 1 aromatic heterocycles. The fraction of sp³-hybridized carbons (Fsp3) is 0.727. The number of nitrogens with zero attached hydrogens (tertiary/aromatic N) is 2. The lowest BCUT2D eigenvalue weighted by atomic mass is 10.1. The van der Waals surface area contributed by atoms with E-state index in [9.17, 15) is 13.2 Å². The Morgan fingerprint density at radius 2 is 1.95 bits per heavy atom. The first-order valence-corrected chi connectivity index (χ1v) is 6.66. The molecule has 0 radical (unpaired) electrons. The Balaban J connectivity index is 0.00000180. The van der Waals surface area contributed by atoms with Crippen LogP contribution in [0, 0.1) is 0 Å². The average molecular weight is 316 g/mol. The van der Waals surface area contributed by atoms with Gasteiger partial charge in [-0.05, 0) is 13.8 Å². The van der Waals surface area contributed by atoms with Crippen molar-refractivity contribution in [3.63, 3.8) is 0 Å². The first-order chi connectivity index (χ1) is 8.34. The summed E-state index contributed by atoms with van der Waals surface area (Å²) < 4.78 is 37.3. The Labute approximate surface area is 120 Å². The molecule has 0 bridgehead atoms. The summed E-state index contributed by atoms with van der Waals surface area (Å²) in [6.45, 7) is 6.41. The maximum absolute atomic E-state index is 12.4. The minimum Gasteiger partial charge on any atom is -0.309 e. The van der Waals surface area contributed by atoms with Gasteiger partial charge < -0.3 is 5.32 Å². The summed E-state index contributed by atoms with van der Waals surface area (Å²) in [6.07, 6.45) is -2.99. The van der Waals surface area contributed by atoms with Crippen molar-refractivity contribution in [1.29, 1.82) is 0 Å². The molecule has 1 fully saturated rings. The first-order valence-electron chi connectivity index (χ1n) is 5.85. The van der Waals surface area contributed by atoms with Gasteiger partial charge in [0.05, 0.1) is 0 Å². The van der Waals surface area contributed by atoms with Gasteiger partial charge in [0.1, 0.15) is 0 Å². The number of halogens is 4. The first kappa shape index (κ1) is 16.7. The van der Waals surface area contributed by atoms with Crippen LogP contribution >= 0.6 is 23.7 Å². The Morgan fingerprint density at radius 3 is 2.42 bits per heavy atom. The van der Waals surface area contributed by atoms with Gasteiger partial charge in [0.25, 0.3) is 0 Å². The summed E-state index contributed by atoms with van der Waals surface area (Å²) in [6, 6.07) is 0.729. The Morgan fingerprint density at radius 1 is 1.37 bits per heavy atom. The minimum absolute atomic E-state index is 0. The summed E-state index contributed by atoms with van der Waals surface area (Å²) in [5.41, 5.74) is 0. The molecular formula is C11H17ClF3N3S. The SMILES string of the molecule is CC1CN(Cc2cnc(C(F)(F)F)s2)CC(C)N1.Cl. The molecule has 3 nitrogen and oxygen atoms in total. The van der Waals surface area contributed by atoms with Gasteiger partial charge in [0.15, 0.2) is 5.01 Å². The molecule has 1 aliphatic heterocycles. The monoisotopic (exact) mass is 315 g/mol. The second-order valence-corrected chi connectivity index (χ2v) is 5.91. The molecular weight excluding hydrogens is 299 g/mol. The lowest BCUT2D eigenvalue weighted by Crippen LogP contribution is -2.53. The van der Waals surface area contributed by atoms with E-state index in [1.165, 1.54) is 6.20 Å². The molecule has 110 valence electrons. The second-order valence-electron chi connectivity index (χ2n) is 4.79. The van der Waals surface area contributed by atoms with Crippen LogP contribution in [0.5, 0.6) is 0 Å². The molecule has 8 heteroatoms. The van der Waals surface area contributed by atoms with Gasteiger partial charge in [0, 0.05) is 42.8 Å². The van der Waals surface area contributed by atoms with E-state index >= 15 is 0 Å². The molecule has 0 spiro atoms. The highest BCUT2D eigenvalue weighted by Crippen LogP contribution is 2.32. The fourth-order valence-electron chi connectivity index (χ4n) is 2.30. The highest BCUT2D eigenvalue weighted by molar-refractivity contribution is 7.11. The third-order valence-corrected chi connectivity index (χ3v) is 3.84. The number of hydrogen-bond acceptors (Lipinski definition) is 4. The van der Waals surface area contributed by atoms with Crippen LogP contribution in [-0.4, -0.2) is 35.1 Å². The van der Waals surface area contributed by atoms with Crippen molar-refractivity contribution in [2.24, 2.45) is 0 Å². The standard InChI is InChI=1S/C11H16F3N3S.ClH/c1-7-4-17(5-8(2)16-7)6-9-3-15-10(18-9)11(12,13)14;/h3,7-8,16H,4-6H2,1-2H3;1H. The van der Waals surface area contributed by atoms with Gasteiger partial charge in [0.2, 0.25) is 0 Å². The Bertz CT molecular complexity index is 400. The summed E-state index contributed by atoms with van der Waals surface area (Å²) in [7, 11) is 0. The van der Waals surface area contributed by atoms with Crippen molar-refractivity contribution in [1.82, 2.24) is 15.2 Å². The predicted molar refractivity (Wildman–Crippen MR) is 71.7 cm³/mol. The number of rotatable bonds is 2. The van der Waals surface area contributed by atoms with Crippen LogP contribution in [0.2, 0.25) is 0 Å². The number of alkyl halides is 3. The number of hydrogen-bond donors (Lipinski definition) is 1. The molecule has 2 heterocycles. The zero-order valence-electron chi connectivity index (χ0n) is 10.7. The second kappa shape index (κ2) is 6.39. The smallest absolute Gasteiger partial charge is 0.309 e. The molecule has 1 N–H and O–H groups in total. The number of aromatic nitrogens is 1. The third-order valence-electron chi connectivity index (χ3n) is 2.81. The van der Waals surface area contributed by atoms with Gasteiger partial charge in [-0.25, -0.2) is 4.98 Å². The van der Waals surface area contributed by atoms with Crippen LogP contribution in [0.1, 0.15) is 23.7 Å². The lowest BCUT2D eigenvalue weighted by Gasteiger charge is -2.35. The molecule has 1 aromatic rings. The minimum atomic E-state index is -4.33. The third kappa shape index (κ3) is 4.59. The van der Waals surface area contributed by atoms with Crippen molar-refractivity contribution in [3.05, 3.63) is 16.1 Å². The van der Waals surface area contributed by atoms with Crippen molar-refractivity contribution < 1.29 is 13.2 Å². The normalized spacial score (nSPS) is 25.1. The highest BCUT2D eigenvalue weighted by atomic mass is 35.5. The maximum Gasteiger partial charge on any atom is 0.443 e. The highest BCUT2D eigenvalue weighted by Gasteiger charge is 2.34. The van der Waals surface area contributed by atoms with Gasteiger partial charge in [-0.3, -0.25) is 4.90 Å². The lowest BCUT2D eigenvalue weighted by molar-refractivity contribution is -0.137. The summed E-state index contributed by atoms with van der Waals surface area (Å²) in [5, 5.41) is 2.63. The zero-order chi connectivity index (χ0) is 13.3. The average Bonchev–Trinajstić information content (AvgIpc) is 2.63. The predicted octanol–water partition coefficient (Wildman–Crippen LogP) is 2.77. The zero-order valence-corrected chi connectivity index (χ0v) is 12.3. The molecule has 2 rings (SSSR count). The van der Waals surface area contributed by atoms with Crippen LogP contribution in [0.25, 0.3) is 0 Å². The molecule has 2 unspecified atom stereocenters. The van der Waals surface area contributed by atoms with Crippen molar-refractivity contribution in [2.45, 2.75) is 38.7 Å². The van der Waals surface area contributed by atoms with Crippen LogP contribution in [0.3, 0.4) is 0 Å². The summed E-state index contributed by atoms with van der Waals surface area (Å²) >= 11 is 0.738. The molecule has 0 saturated carbocycles. The van der Waals surface area contributed by atoms with E-state index in [1.807, 2.05) is 0 Å². The van der Waals surface area contributed by atoms with Crippen molar-refractivity contribution in [3.8, 4) is 0 Å². The van der Waals surface area contributed by atoms with E-state index in [1.54, 1.807) is 0 Å². The fourth-order valence-corrected chi connectivity index (χ4v) is 3.12. The van der Waals surface area contributed by atoms with Gasteiger partial charge in [-0.2, -0.15) is 13.2 Å². The maximum atomic E-state index is 12.4. The van der Waals surface area contributed by atoms with Gasteiger partial charge >= 0.3 is 6.18 Å². The van der Waals surface area contributed by atoms with Crippen LogP contribution < -0.4 is 5.32 Å². The number of piperazine rings is 1. The van der Waals surface area contributed by atoms with E-state index in [0.717, 1.165) is 24.4 Å². The van der Waals surface area contributed by atoms with Crippen LogP contribution in [0.4, 0.5) is 13.2 Å². The van der Waals surface area contributed by atoms with Crippen molar-refractivity contribution >= 4 is 23.7 Å². The molecule has 1 saturated heterocycles. The summed E-state index contributed by atoms with van der Waals surface area (Å²) in [4.78, 5) is 6.28. The van der Waals surface area contributed by atoms with Gasteiger partial charge in [-0.1, -0.05) is 0 Å². The Kier molecular flexibility index (Phi) is 5.61. The molecule has 0 aromatic carbocycles. The number of thiazole rings is 1. The van der Waals surface area contributed by atoms with E-state index in [0.29, 0.717) is 23.5 Å². The van der Waals surface area contributed by atoms with E-state index in [4.69, 9.17) is 0 Å². The molecule has 0 amide bonds. The largest absolute Gasteiger partial charge is 0.443 e. The molecule has 19 heavy (non-hydrogen) atoms. The van der Waals surface area contributed by atoms with Crippen LogP contribution in [0.15, 0.2) is 6.20 Å². The number of nitrogens with one attached hydrogen (secondary N) is 1. The van der Waals surface area contributed by atoms with Crippen LogP contribution in [-0.2, 0) is 12.7 Å². The topological polar surface area (TPSA) is 28.2 Å². The van der Waals surface area contributed by atoms with Crippen molar-refractivity contribution in [2.75, 3.05) is 13.1 Å². The van der Waals surface area contributed by atoms with E-state index in [-0.39, 0.29) is 12.4 Å². The Hall–Kier alpha value is -0.370. The molecule has 0 aliphatic carbocycles. The van der Waals surface area contributed by atoms with E-state index in [2.05, 4.69) is 29.0 Å². The van der Waals surface area contributed by atoms with E-state index < -0.39 is 11.2 Å². The quantitative estimate of drug-likeness (QED) is 0.909.